The van der Waals surface area contributed by atoms with Crippen LogP contribution in [0.3, 0.4) is 0 Å². The third-order valence-corrected chi connectivity index (χ3v) is 3.89. The lowest BCUT2D eigenvalue weighted by Gasteiger charge is -2.05. The summed E-state index contributed by atoms with van der Waals surface area (Å²) in [7, 11) is 0. The molecule has 0 spiro atoms. The summed E-state index contributed by atoms with van der Waals surface area (Å²) in [5.41, 5.74) is 0.128. The zero-order valence-corrected chi connectivity index (χ0v) is 12.9. The van der Waals surface area contributed by atoms with E-state index in [0.717, 1.165) is 14.9 Å². The first-order chi connectivity index (χ1) is 9.47. The van der Waals surface area contributed by atoms with Crippen LogP contribution in [0.2, 0.25) is 0 Å². The van der Waals surface area contributed by atoms with Crippen LogP contribution in [-0.2, 0) is 6.54 Å². The van der Waals surface area contributed by atoms with Crippen molar-refractivity contribution >= 4 is 45.8 Å². The van der Waals surface area contributed by atoms with Gasteiger partial charge in [0.2, 0.25) is 0 Å². The smallest absolute Gasteiger partial charge is 0.355 e. The molecule has 8 heteroatoms. The molecule has 0 fully saturated rings. The van der Waals surface area contributed by atoms with Crippen LogP contribution in [0.5, 0.6) is 5.75 Å². The van der Waals surface area contributed by atoms with E-state index in [1.165, 1.54) is 11.4 Å². The number of phenolic OH excluding ortho intramolecular Hbond substituents is 1. The Bertz CT molecular complexity index is 671. The lowest BCUT2D eigenvalue weighted by atomic mass is 10.2. The highest BCUT2D eigenvalue weighted by atomic mass is 127. The van der Waals surface area contributed by atoms with E-state index in [9.17, 15) is 14.7 Å². The highest BCUT2D eigenvalue weighted by Crippen LogP contribution is 2.19. The second-order valence-corrected chi connectivity index (χ2v) is 5.96. The average molecular weight is 404 g/mol. The van der Waals surface area contributed by atoms with Crippen LogP contribution in [0.25, 0.3) is 0 Å². The van der Waals surface area contributed by atoms with Crippen molar-refractivity contribution in [3.05, 3.63) is 43.4 Å². The lowest BCUT2D eigenvalue weighted by molar-refractivity contribution is 0.0691. The number of hydrogen-bond acceptors (Lipinski definition) is 5. The van der Waals surface area contributed by atoms with Gasteiger partial charge in [-0.3, -0.25) is 4.79 Å². The molecule has 2 aromatic rings. The zero-order chi connectivity index (χ0) is 14.7. The van der Waals surface area contributed by atoms with Gasteiger partial charge in [-0.2, -0.15) is 0 Å². The Labute approximate surface area is 131 Å². The monoisotopic (exact) mass is 404 g/mol. The quantitative estimate of drug-likeness (QED) is 0.678. The maximum Gasteiger partial charge on any atom is 0.355 e. The Morgan fingerprint density at radius 1 is 1.40 bits per heavy atom. The van der Waals surface area contributed by atoms with Gasteiger partial charge in [-0.15, -0.1) is 11.3 Å². The third-order valence-electron chi connectivity index (χ3n) is 2.37. The van der Waals surface area contributed by atoms with Crippen molar-refractivity contribution in [2.24, 2.45) is 0 Å². The standard InChI is InChI=1S/C12H9IN2O4S/c13-6-1-2-9(16)7(3-6)11(17)14-4-10-15-8(5-20-10)12(18)19/h1-3,5,16H,4H2,(H,14,17)(H,18,19). The molecular formula is C12H9IN2O4S. The van der Waals surface area contributed by atoms with Gasteiger partial charge in [-0.05, 0) is 40.8 Å². The van der Waals surface area contributed by atoms with Crippen molar-refractivity contribution in [1.82, 2.24) is 10.3 Å². The normalized spacial score (nSPS) is 10.2. The summed E-state index contributed by atoms with van der Waals surface area (Å²) in [4.78, 5) is 26.5. The van der Waals surface area contributed by atoms with Gasteiger partial charge in [0.05, 0.1) is 12.1 Å². The molecule has 1 heterocycles. The number of thiazole rings is 1. The van der Waals surface area contributed by atoms with Crippen LogP contribution in [0, 0.1) is 3.57 Å². The summed E-state index contributed by atoms with van der Waals surface area (Å²) in [6, 6.07) is 4.70. The summed E-state index contributed by atoms with van der Waals surface area (Å²) in [6.07, 6.45) is 0. The maximum atomic E-state index is 11.9. The summed E-state index contributed by atoms with van der Waals surface area (Å²) in [5, 5.41) is 22.9. The Morgan fingerprint density at radius 3 is 2.80 bits per heavy atom. The molecule has 20 heavy (non-hydrogen) atoms. The second kappa shape index (κ2) is 6.18. The fraction of sp³-hybridized carbons (Fsp3) is 0.0833. The van der Waals surface area contributed by atoms with Crippen molar-refractivity contribution in [1.29, 1.82) is 0 Å². The van der Waals surface area contributed by atoms with E-state index < -0.39 is 11.9 Å². The number of carboxylic acid groups (broad SMARTS) is 1. The van der Waals surface area contributed by atoms with Crippen LogP contribution < -0.4 is 5.32 Å². The van der Waals surface area contributed by atoms with E-state index in [2.05, 4.69) is 10.3 Å². The number of nitrogens with one attached hydrogen (secondary N) is 1. The minimum Gasteiger partial charge on any atom is -0.507 e. The first kappa shape index (κ1) is 14.7. The predicted octanol–water partition coefficient (Wildman–Crippen LogP) is 2.08. The Morgan fingerprint density at radius 2 is 2.15 bits per heavy atom. The summed E-state index contributed by atoms with van der Waals surface area (Å²) >= 11 is 3.19. The second-order valence-electron chi connectivity index (χ2n) is 3.78. The molecule has 0 saturated carbocycles. The summed E-state index contributed by atoms with van der Waals surface area (Å²) < 4.78 is 0.827. The number of hydrogen-bond donors (Lipinski definition) is 3. The summed E-state index contributed by atoms with van der Waals surface area (Å²) in [5.74, 6) is -1.64. The SMILES string of the molecule is O=C(O)c1csc(CNC(=O)c2cc(I)ccc2O)n1. The first-order valence-corrected chi connectivity index (χ1v) is 7.37. The van der Waals surface area contributed by atoms with Gasteiger partial charge in [0.1, 0.15) is 10.8 Å². The molecule has 1 aromatic carbocycles. The van der Waals surface area contributed by atoms with Crippen molar-refractivity contribution in [3.8, 4) is 5.75 Å². The number of carbonyl (C=O) groups excluding carboxylic acids is 1. The number of amides is 1. The van der Waals surface area contributed by atoms with Gasteiger partial charge in [-0.1, -0.05) is 0 Å². The van der Waals surface area contributed by atoms with Crippen molar-refractivity contribution in [2.75, 3.05) is 0 Å². The van der Waals surface area contributed by atoms with Crippen LogP contribution in [0.4, 0.5) is 0 Å². The molecule has 0 aliphatic rings. The zero-order valence-electron chi connectivity index (χ0n) is 9.96. The van der Waals surface area contributed by atoms with E-state index in [4.69, 9.17) is 5.11 Å². The average Bonchev–Trinajstić information content (AvgIpc) is 2.88. The molecule has 0 aliphatic carbocycles. The molecule has 0 atom stereocenters. The molecule has 1 aromatic heterocycles. The van der Waals surface area contributed by atoms with Crippen LogP contribution >= 0.6 is 33.9 Å². The molecular weight excluding hydrogens is 395 g/mol. The largest absolute Gasteiger partial charge is 0.507 e. The van der Waals surface area contributed by atoms with E-state index >= 15 is 0 Å². The molecule has 0 saturated heterocycles. The molecule has 0 bridgehead atoms. The molecule has 0 radical (unpaired) electrons. The Hall–Kier alpha value is -1.68. The number of benzene rings is 1. The Kier molecular flexibility index (Phi) is 4.55. The number of nitrogens with zero attached hydrogens (tertiary/aromatic N) is 1. The molecule has 6 nitrogen and oxygen atoms in total. The van der Waals surface area contributed by atoms with E-state index in [-0.39, 0.29) is 23.6 Å². The molecule has 2 rings (SSSR count). The van der Waals surface area contributed by atoms with Crippen LogP contribution in [-0.4, -0.2) is 27.1 Å². The number of carbonyl (C=O) groups is 2. The van der Waals surface area contributed by atoms with Gasteiger partial charge in [0.15, 0.2) is 5.69 Å². The minimum absolute atomic E-state index is 0.0450. The van der Waals surface area contributed by atoms with Gasteiger partial charge in [0.25, 0.3) is 5.91 Å². The minimum atomic E-state index is -1.10. The summed E-state index contributed by atoms with van der Waals surface area (Å²) in [6.45, 7) is 0.113. The van der Waals surface area contributed by atoms with Gasteiger partial charge < -0.3 is 15.5 Å². The van der Waals surface area contributed by atoms with Crippen molar-refractivity contribution in [2.45, 2.75) is 6.54 Å². The predicted molar refractivity (Wildman–Crippen MR) is 81.1 cm³/mol. The fourth-order valence-corrected chi connectivity index (χ4v) is 2.63. The number of aromatic carboxylic acids is 1. The molecule has 104 valence electrons. The molecule has 3 N–H and O–H groups in total. The number of phenols is 1. The Balaban J connectivity index is 2.04. The van der Waals surface area contributed by atoms with Gasteiger partial charge in [0, 0.05) is 8.95 Å². The van der Waals surface area contributed by atoms with E-state index in [0.29, 0.717) is 5.01 Å². The lowest BCUT2D eigenvalue weighted by Crippen LogP contribution is -2.23. The number of rotatable bonds is 4. The fourth-order valence-electron chi connectivity index (χ4n) is 1.43. The van der Waals surface area contributed by atoms with E-state index in [1.54, 1.807) is 12.1 Å². The molecule has 0 unspecified atom stereocenters. The van der Waals surface area contributed by atoms with Crippen LogP contribution in [0.15, 0.2) is 23.6 Å². The van der Waals surface area contributed by atoms with Gasteiger partial charge in [-0.25, -0.2) is 9.78 Å². The number of aromatic nitrogens is 1. The highest BCUT2D eigenvalue weighted by molar-refractivity contribution is 14.1. The molecule has 1 amide bonds. The van der Waals surface area contributed by atoms with Crippen molar-refractivity contribution < 1.29 is 19.8 Å². The number of carboxylic acids is 1. The van der Waals surface area contributed by atoms with Gasteiger partial charge >= 0.3 is 5.97 Å². The first-order valence-electron chi connectivity index (χ1n) is 5.42. The van der Waals surface area contributed by atoms with E-state index in [1.807, 2.05) is 22.6 Å². The topological polar surface area (TPSA) is 99.5 Å². The van der Waals surface area contributed by atoms with Crippen molar-refractivity contribution in [3.63, 3.8) is 0 Å². The third kappa shape index (κ3) is 3.45. The highest BCUT2D eigenvalue weighted by Gasteiger charge is 2.13. The molecule has 0 aliphatic heterocycles. The number of halogens is 1. The number of aromatic hydroxyl groups is 1. The maximum absolute atomic E-state index is 11.9. The van der Waals surface area contributed by atoms with Crippen LogP contribution in [0.1, 0.15) is 25.9 Å².